The summed E-state index contributed by atoms with van der Waals surface area (Å²) < 4.78 is 11.6. The average molecular weight is 440 g/mol. The lowest BCUT2D eigenvalue weighted by molar-refractivity contribution is 0.0951. The van der Waals surface area contributed by atoms with Crippen molar-refractivity contribution in [2.45, 2.75) is 25.5 Å². The number of hydrogen-bond donors (Lipinski definition) is 0. The lowest BCUT2D eigenvalue weighted by Gasteiger charge is -2.32. The Kier molecular flexibility index (Phi) is 6.15. The molecule has 2 aliphatic rings. The Morgan fingerprint density at radius 1 is 1.06 bits per heavy atom. The monoisotopic (exact) mass is 439 g/mol. The van der Waals surface area contributed by atoms with Crippen LogP contribution >= 0.6 is 11.6 Å². The van der Waals surface area contributed by atoms with Crippen LogP contribution in [0.1, 0.15) is 18.7 Å². The van der Waals surface area contributed by atoms with Crippen LogP contribution in [0, 0.1) is 0 Å². The minimum atomic E-state index is 0.226. The number of pyridine rings is 1. The van der Waals surface area contributed by atoms with E-state index >= 15 is 0 Å². The van der Waals surface area contributed by atoms with Crippen molar-refractivity contribution in [3.05, 3.63) is 53.6 Å². The number of morpholine rings is 1. The third-order valence-corrected chi connectivity index (χ3v) is 6.07. The van der Waals surface area contributed by atoms with E-state index in [0.29, 0.717) is 18.2 Å². The van der Waals surface area contributed by atoms with E-state index in [9.17, 15) is 0 Å². The Morgan fingerprint density at radius 3 is 2.68 bits per heavy atom. The number of anilines is 1. The molecule has 1 aromatic carbocycles. The third-order valence-electron chi connectivity index (χ3n) is 5.83. The Hall–Kier alpha value is -2.48. The van der Waals surface area contributed by atoms with Gasteiger partial charge in [-0.1, -0.05) is 11.6 Å². The first-order chi connectivity index (χ1) is 15.2. The quantitative estimate of drug-likeness (QED) is 0.602. The zero-order valence-electron chi connectivity index (χ0n) is 17.4. The van der Waals surface area contributed by atoms with Crippen LogP contribution in [0.25, 0.3) is 10.9 Å². The highest BCUT2D eigenvalue weighted by Gasteiger charge is 2.23. The molecule has 0 aliphatic carbocycles. The van der Waals surface area contributed by atoms with Gasteiger partial charge >= 0.3 is 0 Å². The number of fused-ring (bicyclic) bond motifs is 1. The van der Waals surface area contributed by atoms with E-state index in [1.54, 1.807) is 12.4 Å². The second-order valence-corrected chi connectivity index (χ2v) is 8.44. The van der Waals surface area contributed by atoms with Crippen LogP contribution in [-0.4, -0.2) is 65.3 Å². The van der Waals surface area contributed by atoms with Crippen molar-refractivity contribution in [1.29, 1.82) is 0 Å². The fourth-order valence-corrected chi connectivity index (χ4v) is 4.38. The molecule has 162 valence electrons. The summed E-state index contributed by atoms with van der Waals surface area (Å²) in [5, 5.41) is 1.70. The standard InChI is InChI=1S/C23H26ClN5O2/c24-17-3-4-21-20(14-17)23(29-10-12-30-13-11-29)27-22(26-21)16-28-8-5-18(6-9-28)31-19-2-1-7-25-15-19/h1-4,7,14-15,18H,5-6,8-13,16H2. The van der Waals surface area contributed by atoms with Crippen LogP contribution in [0.4, 0.5) is 5.82 Å². The van der Waals surface area contributed by atoms with E-state index in [0.717, 1.165) is 73.9 Å². The van der Waals surface area contributed by atoms with Crippen LogP contribution < -0.4 is 9.64 Å². The molecule has 0 saturated carbocycles. The fourth-order valence-electron chi connectivity index (χ4n) is 4.21. The van der Waals surface area contributed by atoms with Crippen molar-refractivity contribution in [2.75, 3.05) is 44.3 Å². The Labute approximate surface area is 187 Å². The van der Waals surface area contributed by atoms with Crippen molar-refractivity contribution >= 4 is 28.3 Å². The number of piperidine rings is 1. The van der Waals surface area contributed by atoms with E-state index in [-0.39, 0.29) is 6.10 Å². The molecule has 4 heterocycles. The van der Waals surface area contributed by atoms with Gasteiger partial charge in [0.25, 0.3) is 0 Å². The minimum absolute atomic E-state index is 0.226. The highest BCUT2D eigenvalue weighted by molar-refractivity contribution is 6.31. The van der Waals surface area contributed by atoms with E-state index in [1.807, 2.05) is 30.3 Å². The molecule has 2 aliphatic heterocycles. The van der Waals surface area contributed by atoms with Gasteiger partial charge in [0.05, 0.1) is 31.5 Å². The first-order valence-corrected chi connectivity index (χ1v) is 11.2. The predicted molar refractivity (Wildman–Crippen MR) is 121 cm³/mol. The van der Waals surface area contributed by atoms with Gasteiger partial charge in [-0.3, -0.25) is 9.88 Å². The highest BCUT2D eigenvalue weighted by atomic mass is 35.5. The summed E-state index contributed by atoms with van der Waals surface area (Å²) in [6, 6.07) is 9.71. The number of benzene rings is 1. The van der Waals surface area contributed by atoms with Gasteiger partial charge in [-0.05, 0) is 43.2 Å². The molecule has 3 aromatic rings. The molecule has 31 heavy (non-hydrogen) atoms. The number of ether oxygens (including phenoxy) is 2. The zero-order valence-corrected chi connectivity index (χ0v) is 18.2. The van der Waals surface area contributed by atoms with Gasteiger partial charge in [0, 0.05) is 42.8 Å². The van der Waals surface area contributed by atoms with Crippen LogP contribution in [-0.2, 0) is 11.3 Å². The van der Waals surface area contributed by atoms with Crippen LogP contribution in [0.2, 0.25) is 5.02 Å². The van der Waals surface area contributed by atoms with Gasteiger partial charge in [-0.2, -0.15) is 0 Å². The summed E-state index contributed by atoms with van der Waals surface area (Å²) in [7, 11) is 0. The van der Waals surface area contributed by atoms with Gasteiger partial charge < -0.3 is 14.4 Å². The maximum Gasteiger partial charge on any atom is 0.145 e. The van der Waals surface area contributed by atoms with Gasteiger partial charge in [0.1, 0.15) is 23.5 Å². The number of aromatic nitrogens is 3. The molecular formula is C23H26ClN5O2. The molecule has 0 atom stereocenters. The van der Waals surface area contributed by atoms with Gasteiger partial charge in [-0.25, -0.2) is 9.97 Å². The smallest absolute Gasteiger partial charge is 0.145 e. The molecule has 7 nitrogen and oxygen atoms in total. The Balaban J connectivity index is 1.30. The normalized spacial score (nSPS) is 18.4. The van der Waals surface area contributed by atoms with Crippen molar-refractivity contribution in [3.63, 3.8) is 0 Å². The first-order valence-electron chi connectivity index (χ1n) is 10.8. The van der Waals surface area contributed by atoms with Gasteiger partial charge in [0.2, 0.25) is 0 Å². The summed E-state index contributed by atoms with van der Waals surface area (Å²) in [6.45, 7) is 5.73. The molecule has 0 radical (unpaired) electrons. The van der Waals surface area contributed by atoms with E-state index in [1.165, 1.54) is 0 Å². The average Bonchev–Trinajstić information content (AvgIpc) is 2.81. The Morgan fingerprint density at radius 2 is 1.90 bits per heavy atom. The van der Waals surface area contributed by atoms with Gasteiger partial charge in [-0.15, -0.1) is 0 Å². The maximum absolute atomic E-state index is 6.27. The molecule has 5 rings (SSSR count). The van der Waals surface area contributed by atoms with Crippen molar-refractivity contribution in [3.8, 4) is 5.75 Å². The topological polar surface area (TPSA) is 63.6 Å². The molecule has 2 saturated heterocycles. The van der Waals surface area contributed by atoms with E-state index < -0.39 is 0 Å². The largest absolute Gasteiger partial charge is 0.489 e. The summed E-state index contributed by atoms with van der Waals surface area (Å²) in [5.74, 6) is 2.65. The molecule has 0 N–H and O–H groups in total. The number of likely N-dealkylation sites (tertiary alicyclic amines) is 1. The number of hydrogen-bond acceptors (Lipinski definition) is 7. The van der Waals surface area contributed by atoms with Crippen LogP contribution in [0.5, 0.6) is 5.75 Å². The lowest BCUT2D eigenvalue weighted by Crippen LogP contribution is -2.39. The molecule has 0 bridgehead atoms. The van der Waals surface area contributed by atoms with E-state index in [4.69, 9.17) is 31.0 Å². The summed E-state index contributed by atoms with van der Waals surface area (Å²) in [4.78, 5) is 18.6. The molecule has 2 fully saturated rings. The van der Waals surface area contributed by atoms with Crippen molar-refractivity contribution < 1.29 is 9.47 Å². The number of halogens is 1. The maximum atomic E-state index is 6.27. The predicted octanol–water partition coefficient (Wildman–Crippen LogP) is 3.56. The summed E-state index contributed by atoms with van der Waals surface area (Å²) >= 11 is 6.27. The number of nitrogens with zero attached hydrogens (tertiary/aromatic N) is 5. The molecule has 0 unspecified atom stereocenters. The fraction of sp³-hybridized carbons (Fsp3) is 0.435. The molecule has 0 spiro atoms. The second kappa shape index (κ2) is 9.34. The van der Waals surface area contributed by atoms with Crippen LogP contribution in [0.15, 0.2) is 42.7 Å². The summed E-state index contributed by atoms with van der Waals surface area (Å²) in [6.07, 6.45) is 5.72. The first kappa shape index (κ1) is 20.4. The molecule has 2 aromatic heterocycles. The number of rotatable bonds is 5. The Bertz CT molecular complexity index is 1020. The summed E-state index contributed by atoms with van der Waals surface area (Å²) in [5.41, 5.74) is 0.936. The SMILES string of the molecule is Clc1ccc2nc(CN3CCC(Oc4cccnc4)CC3)nc(N3CCOCC3)c2c1. The molecular weight excluding hydrogens is 414 g/mol. The zero-order chi connectivity index (χ0) is 21.0. The van der Waals surface area contributed by atoms with E-state index in [2.05, 4.69) is 14.8 Å². The lowest BCUT2D eigenvalue weighted by atomic mass is 10.1. The van der Waals surface area contributed by atoms with Gasteiger partial charge in [0.15, 0.2) is 0 Å². The van der Waals surface area contributed by atoms with Crippen LogP contribution in [0.3, 0.4) is 0 Å². The minimum Gasteiger partial charge on any atom is -0.489 e. The molecule has 8 heteroatoms. The third kappa shape index (κ3) is 4.89. The van der Waals surface area contributed by atoms with Crippen molar-refractivity contribution in [2.24, 2.45) is 0 Å². The highest BCUT2D eigenvalue weighted by Crippen LogP contribution is 2.28. The molecule has 0 amide bonds. The second-order valence-electron chi connectivity index (χ2n) is 8.01. The van der Waals surface area contributed by atoms with Crippen molar-refractivity contribution in [1.82, 2.24) is 19.9 Å².